The molecule has 3 heteroatoms. The SMILES string of the molecule is CN(C)CCC1(C(N)=O)CCC1. The second-order valence-corrected chi connectivity index (χ2v) is 4.05. The smallest absolute Gasteiger partial charge is 0.223 e. The van der Waals surface area contributed by atoms with Gasteiger partial charge < -0.3 is 10.6 Å². The van der Waals surface area contributed by atoms with Crippen molar-refractivity contribution >= 4 is 5.91 Å². The van der Waals surface area contributed by atoms with E-state index >= 15 is 0 Å². The van der Waals surface area contributed by atoms with Crippen molar-refractivity contribution in [3.8, 4) is 0 Å². The normalized spacial score (nSPS) is 20.6. The van der Waals surface area contributed by atoms with E-state index in [4.69, 9.17) is 5.73 Å². The summed E-state index contributed by atoms with van der Waals surface area (Å²) in [4.78, 5) is 13.2. The highest BCUT2D eigenvalue weighted by molar-refractivity contribution is 5.81. The van der Waals surface area contributed by atoms with E-state index in [-0.39, 0.29) is 11.3 Å². The molecule has 0 unspecified atom stereocenters. The first-order valence-electron chi connectivity index (χ1n) is 4.51. The largest absolute Gasteiger partial charge is 0.369 e. The summed E-state index contributed by atoms with van der Waals surface area (Å²) in [6, 6.07) is 0. The minimum Gasteiger partial charge on any atom is -0.369 e. The number of hydrogen-bond donors (Lipinski definition) is 1. The zero-order valence-corrected chi connectivity index (χ0v) is 7.97. The summed E-state index contributed by atoms with van der Waals surface area (Å²) in [6.45, 7) is 0.961. The first kappa shape index (κ1) is 9.52. The van der Waals surface area contributed by atoms with E-state index in [1.807, 2.05) is 14.1 Å². The van der Waals surface area contributed by atoms with Crippen LogP contribution in [-0.4, -0.2) is 31.4 Å². The van der Waals surface area contributed by atoms with Gasteiger partial charge in [0.15, 0.2) is 0 Å². The molecule has 0 aromatic rings. The van der Waals surface area contributed by atoms with Crippen molar-refractivity contribution < 1.29 is 4.79 Å². The summed E-state index contributed by atoms with van der Waals surface area (Å²) in [5.41, 5.74) is 5.21. The molecule has 1 amide bonds. The Bertz CT molecular complexity index is 173. The fraction of sp³-hybridized carbons (Fsp3) is 0.889. The number of rotatable bonds is 4. The van der Waals surface area contributed by atoms with Crippen molar-refractivity contribution in [2.24, 2.45) is 11.1 Å². The van der Waals surface area contributed by atoms with E-state index in [0.717, 1.165) is 32.2 Å². The molecule has 1 rings (SSSR count). The molecule has 3 nitrogen and oxygen atoms in total. The molecule has 2 N–H and O–H groups in total. The van der Waals surface area contributed by atoms with Crippen LogP contribution in [-0.2, 0) is 4.79 Å². The lowest BCUT2D eigenvalue weighted by Crippen LogP contribution is -2.44. The van der Waals surface area contributed by atoms with Gasteiger partial charge in [-0.15, -0.1) is 0 Å². The molecule has 12 heavy (non-hydrogen) atoms. The van der Waals surface area contributed by atoms with Crippen molar-refractivity contribution in [2.45, 2.75) is 25.7 Å². The van der Waals surface area contributed by atoms with Crippen LogP contribution < -0.4 is 5.73 Å². The van der Waals surface area contributed by atoms with Gasteiger partial charge >= 0.3 is 0 Å². The predicted octanol–water partition coefficient (Wildman–Crippen LogP) is 0.594. The van der Waals surface area contributed by atoms with Crippen molar-refractivity contribution in [3.05, 3.63) is 0 Å². The van der Waals surface area contributed by atoms with Crippen LogP contribution in [0.25, 0.3) is 0 Å². The fourth-order valence-electron chi connectivity index (χ4n) is 1.66. The molecule has 0 bridgehead atoms. The maximum absolute atomic E-state index is 11.1. The number of hydrogen-bond acceptors (Lipinski definition) is 2. The molecule has 0 saturated heterocycles. The fourth-order valence-corrected chi connectivity index (χ4v) is 1.66. The number of primary amides is 1. The van der Waals surface area contributed by atoms with E-state index in [2.05, 4.69) is 4.90 Å². The number of carbonyl (C=O) groups excluding carboxylic acids is 1. The zero-order chi connectivity index (χ0) is 9.19. The first-order chi connectivity index (χ1) is 5.57. The van der Waals surface area contributed by atoms with Crippen molar-refractivity contribution in [3.63, 3.8) is 0 Å². The van der Waals surface area contributed by atoms with Crippen LogP contribution in [0.4, 0.5) is 0 Å². The van der Waals surface area contributed by atoms with Gasteiger partial charge in [0.05, 0.1) is 5.41 Å². The van der Waals surface area contributed by atoms with Crippen LogP contribution in [0.5, 0.6) is 0 Å². The number of amides is 1. The molecule has 70 valence electrons. The van der Waals surface area contributed by atoms with Crippen LogP contribution in [0, 0.1) is 5.41 Å². The number of carbonyl (C=O) groups is 1. The average molecular weight is 170 g/mol. The molecule has 0 heterocycles. The molecule has 1 fully saturated rings. The molecule has 1 saturated carbocycles. The highest BCUT2D eigenvalue weighted by Gasteiger charge is 2.41. The van der Waals surface area contributed by atoms with E-state index in [1.165, 1.54) is 0 Å². The van der Waals surface area contributed by atoms with Gasteiger partial charge in [0.25, 0.3) is 0 Å². The van der Waals surface area contributed by atoms with E-state index in [0.29, 0.717) is 0 Å². The summed E-state index contributed by atoms with van der Waals surface area (Å²) in [5.74, 6) is -0.101. The van der Waals surface area contributed by atoms with Gasteiger partial charge in [0, 0.05) is 0 Å². The van der Waals surface area contributed by atoms with Crippen molar-refractivity contribution in [1.29, 1.82) is 0 Å². The van der Waals surface area contributed by atoms with Crippen LogP contribution >= 0.6 is 0 Å². The quantitative estimate of drug-likeness (QED) is 0.671. The monoisotopic (exact) mass is 170 g/mol. The minimum absolute atomic E-state index is 0.101. The first-order valence-corrected chi connectivity index (χ1v) is 4.51. The predicted molar refractivity (Wildman–Crippen MR) is 48.6 cm³/mol. The van der Waals surface area contributed by atoms with Gasteiger partial charge in [-0.2, -0.15) is 0 Å². The minimum atomic E-state index is -0.149. The van der Waals surface area contributed by atoms with Gasteiger partial charge in [0.1, 0.15) is 0 Å². The summed E-state index contributed by atoms with van der Waals surface area (Å²) >= 11 is 0. The van der Waals surface area contributed by atoms with Gasteiger partial charge in [0.2, 0.25) is 5.91 Å². The Morgan fingerprint density at radius 3 is 2.33 bits per heavy atom. The molecule has 0 radical (unpaired) electrons. The molecule has 0 atom stereocenters. The third-order valence-corrected chi connectivity index (χ3v) is 2.87. The van der Waals surface area contributed by atoms with Crippen molar-refractivity contribution in [1.82, 2.24) is 4.90 Å². The number of nitrogens with zero attached hydrogens (tertiary/aromatic N) is 1. The summed E-state index contributed by atoms with van der Waals surface area (Å²) in [5, 5.41) is 0. The van der Waals surface area contributed by atoms with Gasteiger partial charge in [-0.05, 0) is 39.9 Å². The summed E-state index contributed by atoms with van der Waals surface area (Å²) in [7, 11) is 4.04. The number of nitrogens with two attached hydrogens (primary N) is 1. The van der Waals surface area contributed by atoms with Crippen molar-refractivity contribution in [2.75, 3.05) is 20.6 Å². The Morgan fingerprint density at radius 2 is 2.08 bits per heavy atom. The third kappa shape index (κ3) is 1.78. The van der Waals surface area contributed by atoms with Crippen LogP contribution in [0.2, 0.25) is 0 Å². The average Bonchev–Trinajstić information content (AvgIpc) is 1.83. The lowest BCUT2D eigenvalue weighted by atomic mass is 9.66. The highest BCUT2D eigenvalue weighted by Crippen LogP contribution is 2.43. The lowest BCUT2D eigenvalue weighted by molar-refractivity contribution is -0.133. The molecular weight excluding hydrogens is 152 g/mol. The Balaban J connectivity index is 2.40. The highest BCUT2D eigenvalue weighted by atomic mass is 16.1. The molecule has 1 aliphatic rings. The Labute approximate surface area is 73.9 Å². The Morgan fingerprint density at radius 1 is 1.50 bits per heavy atom. The van der Waals surface area contributed by atoms with Crippen LogP contribution in [0.3, 0.4) is 0 Å². The van der Waals surface area contributed by atoms with E-state index < -0.39 is 0 Å². The van der Waals surface area contributed by atoms with E-state index in [1.54, 1.807) is 0 Å². The standard InChI is InChI=1S/C9H18N2O/c1-11(2)7-6-9(8(10)12)4-3-5-9/h3-7H2,1-2H3,(H2,10,12). The second kappa shape index (κ2) is 3.44. The molecule has 0 aromatic heterocycles. The molecule has 0 spiro atoms. The topological polar surface area (TPSA) is 46.3 Å². The maximum Gasteiger partial charge on any atom is 0.223 e. The van der Waals surface area contributed by atoms with Crippen LogP contribution in [0.1, 0.15) is 25.7 Å². The van der Waals surface area contributed by atoms with Gasteiger partial charge in [-0.3, -0.25) is 4.79 Å². The summed E-state index contributed by atoms with van der Waals surface area (Å²) in [6.07, 6.45) is 4.08. The van der Waals surface area contributed by atoms with Gasteiger partial charge in [-0.1, -0.05) is 6.42 Å². The second-order valence-electron chi connectivity index (χ2n) is 4.05. The lowest BCUT2D eigenvalue weighted by Gasteiger charge is -2.39. The zero-order valence-electron chi connectivity index (χ0n) is 7.97. The maximum atomic E-state index is 11.1. The third-order valence-electron chi connectivity index (χ3n) is 2.87. The molecule has 0 aliphatic heterocycles. The van der Waals surface area contributed by atoms with Crippen LogP contribution in [0.15, 0.2) is 0 Å². The molecular formula is C9H18N2O. The Kier molecular flexibility index (Phi) is 2.73. The Hall–Kier alpha value is -0.570. The molecule has 0 aromatic carbocycles. The van der Waals surface area contributed by atoms with Gasteiger partial charge in [-0.25, -0.2) is 0 Å². The van der Waals surface area contributed by atoms with E-state index in [9.17, 15) is 4.79 Å². The molecule has 1 aliphatic carbocycles. The summed E-state index contributed by atoms with van der Waals surface area (Å²) < 4.78 is 0.